The van der Waals surface area contributed by atoms with E-state index in [4.69, 9.17) is 0 Å². The first-order valence-electron chi connectivity index (χ1n) is 13.2. The Kier molecular flexibility index (Phi) is 6.14. The average Bonchev–Trinajstić information content (AvgIpc) is 3.05. The molecule has 4 rings (SSSR count). The number of rotatable bonds is 5. The molecule has 0 amide bonds. The number of fused-ring (bicyclic) bond motifs is 5. The highest BCUT2D eigenvalue weighted by Crippen LogP contribution is 2.67. The number of hydrogen-bond donors (Lipinski definition) is 0. The molecule has 4 aliphatic rings. The maximum atomic E-state index is 2.74. The van der Waals surface area contributed by atoms with Crippen molar-refractivity contribution in [3.63, 3.8) is 0 Å². The Balaban J connectivity index is 1.48. The summed E-state index contributed by atoms with van der Waals surface area (Å²) < 4.78 is 0. The van der Waals surface area contributed by atoms with Crippen LogP contribution in [0.5, 0.6) is 0 Å². The van der Waals surface area contributed by atoms with Gasteiger partial charge >= 0.3 is 0 Å². The normalized spacial score (nSPS) is 43.4. The monoisotopic (exact) mass is 396 g/mol. The minimum Gasteiger partial charge on any atom is -0.0882 e. The summed E-state index contributed by atoms with van der Waals surface area (Å²) in [5, 5.41) is 0. The van der Waals surface area contributed by atoms with E-state index in [-0.39, 0.29) is 0 Å². The second-order valence-electron chi connectivity index (χ2n) is 12.2. The van der Waals surface area contributed by atoms with E-state index in [1.54, 1.807) is 5.57 Å². The summed E-state index contributed by atoms with van der Waals surface area (Å²) in [7, 11) is 0. The molecular formula is C29H48. The highest BCUT2D eigenvalue weighted by molar-refractivity contribution is 5.24. The van der Waals surface area contributed by atoms with Crippen molar-refractivity contribution in [2.75, 3.05) is 0 Å². The van der Waals surface area contributed by atoms with Crippen molar-refractivity contribution in [1.29, 1.82) is 0 Å². The molecule has 3 saturated carbocycles. The van der Waals surface area contributed by atoms with Crippen molar-refractivity contribution in [1.82, 2.24) is 0 Å². The molecule has 0 aromatic carbocycles. The van der Waals surface area contributed by atoms with Gasteiger partial charge in [-0.3, -0.25) is 0 Å². The molecule has 29 heavy (non-hydrogen) atoms. The SMILES string of the molecule is C/C=C(/CC[C@@H](C)[C@H]1CC[C@H]2C3CC=C4CCCCC4(C)[C@H]3CCC12C)C(C)C. The smallest absolute Gasteiger partial charge is 0.00853 e. The van der Waals surface area contributed by atoms with Gasteiger partial charge in [0.05, 0.1) is 0 Å². The van der Waals surface area contributed by atoms with E-state index in [2.05, 4.69) is 53.7 Å². The van der Waals surface area contributed by atoms with E-state index in [1.165, 1.54) is 70.6 Å². The lowest BCUT2D eigenvalue weighted by molar-refractivity contribution is -0.0498. The van der Waals surface area contributed by atoms with E-state index in [0.29, 0.717) is 16.7 Å². The lowest BCUT2D eigenvalue weighted by Gasteiger charge is -2.58. The van der Waals surface area contributed by atoms with Crippen molar-refractivity contribution >= 4 is 0 Å². The maximum absolute atomic E-state index is 2.74. The van der Waals surface area contributed by atoms with Gasteiger partial charge < -0.3 is 0 Å². The molecule has 0 aromatic heterocycles. The molecule has 0 saturated heterocycles. The topological polar surface area (TPSA) is 0 Å². The molecule has 0 aliphatic heterocycles. The third kappa shape index (κ3) is 3.59. The minimum absolute atomic E-state index is 0.560. The average molecular weight is 397 g/mol. The van der Waals surface area contributed by atoms with Crippen molar-refractivity contribution in [2.24, 2.45) is 46.3 Å². The highest BCUT2D eigenvalue weighted by atomic mass is 14.6. The Bertz CT molecular complexity index is 651. The molecule has 3 fully saturated rings. The number of hydrogen-bond acceptors (Lipinski definition) is 0. The molecule has 0 spiro atoms. The van der Waals surface area contributed by atoms with Crippen LogP contribution in [-0.4, -0.2) is 0 Å². The minimum atomic E-state index is 0.560. The summed E-state index contributed by atoms with van der Waals surface area (Å²) in [5.41, 5.74) is 4.72. The molecule has 3 unspecified atom stereocenters. The van der Waals surface area contributed by atoms with Crippen LogP contribution in [0.1, 0.15) is 112 Å². The first-order chi connectivity index (χ1) is 13.8. The molecule has 0 N–H and O–H groups in total. The van der Waals surface area contributed by atoms with Crippen LogP contribution in [0, 0.1) is 46.3 Å². The van der Waals surface area contributed by atoms with Crippen LogP contribution >= 0.6 is 0 Å². The molecule has 7 atom stereocenters. The predicted octanol–water partition coefficient (Wildman–Crippen LogP) is 8.97. The van der Waals surface area contributed by atoms with E-state index >= 15 is 0 Å². The first-order valence-corrected chi connectivity index (χ1v) is 13.2. The summed E-state index contributed by atoms with van der Waals surface area (Å²) in [6, 6.07) is 0. The molecule has 0 aromatic rings. The van der Waals surface area contributed by atoms with Gasteiger partial charge in [0, 0.05) is 0 Å². The second-order valence-corrected chi connectivity index (χ2v) is 12.2. The fourth-order valence-corrected chi connectivity index (χ4v) is 9.04. The zero-order chi connectivity index (χ0) is 20.8. The Labute approximate surface area is 182 Å². The Morgan fingerprint density at radius 3 is 2.59 bits per heavy atom. The van der Waals surface area contributed by atoms with E-state index in [0.717, 1.165) is 29.6 Å². The third-order valence-corrected chi connectivity index (χ3v) is 10.8. The lowest BCUT2D eigenvalue weighted by atomic mass is 9.47. The quantitative estimate of drug-likeness (QED) is 0.407. The zero-order valence-corrected chi connectivity index (χ0v) is 20.4. The molecule has 4 aliphatic carbocycles. The second kappa shape index (κ2) is 8.20. The molecule has 164 valence electrons. The van der Waals surface area contributed by atoms with Crippen molar-refractivity contribution in [3.05, 3.63) is 23.3 Å². The van der Waals surface area contributed by atoms with Crippen LogP contribution in [0.25, 0.3) is 0 Å². The molecule has 0 heterocycles. The highest BCUT2D eigenvalue weighted by Gasteiger charge is 2.58. The zero-order valence-electron chi connectivity index (χ0n) is 20.4. The van der Waals surface area contributed by atoms with Gasteiger partial charge in [-0.05, 0) is 117 Å². The summed E-state index contributed by atoms with van der Waals surface area (Å²) in [6.45, 7) is 15.0. The number of allylic oxidation sites excluding steroid dienone is 4. The molecule has 0 radical (unpaired) electrons. The van der Waals surface area contributed by atoms with Crippen molar-refractivity contribution in [2.45, 2.75) is 112 Å². The van der Waals surface area contributed by atoms with Crippen LogP contribution in [0.2, 0.25) is 0 Å². The Morgan fingerprint density at radius 2 is 1.86 bits per heavy atom. The maximum Gasteiger partial charge on any atom is -0.00853 e. The van der Waals surface area contributed by atoms with Crippen molar-refractivity contribution < 1.29 is 0 Å². The van der Waals surface area contributed by atoms with Crippen LogP contribution in [0.15, 0.2) is 23.3 Å². The fourth-order valence-electron chi connectivity index (χ4n) is 9.04. The molecule has 0 bridgehead atoms. The van der Waals surface area contributed by atoms with Gasteiger partial charge in [-0.15, -0.1) is 0 Å². The van der Waals surface area contributed by atoms with E-state index < -0.39 is 0 Å². The standard InChI is InChI=1S/C29H48/c1-7-22(20(2)3)12-11-21(4)25-15-16-26-24-14-13-23-10-8-9-18-28(23,5)27(24)17-19-29(25,26)6/h7,13,20-21,24-27H,8-12,14-19H2,1-6H3/b22-7-/t21-,24?,25-,26+,27+,28?,29?/m1/s1. The van der Waals surface area contributed by atoms with Gasteiger partial charge in [0.15, 0.2) is 0 Å². The summed E-state index contributed by atoms with van der Waals surface area (Å²) in [4.78, 5) is 0. The third-order valence-electron chi connectivity index (χ3n) is 10.8. The van der Waals surface area contributed by atoms with Gasteiger partial charge in [0.25, 0.3) is 0 Å². The van der Waals surface area contributed by atoms with Crippen LogP contribution in [0.3, 0.4) is 0 Å². The van der Waals surface area contributed by atoms with Gasteiger partial charge in [-0.1, -0.05) is 64.3 Å². The summed E-state index contributed by atoms with van der Waals surface area (Å²) >= 11 is 0. The van der Waals surface area contributed by atoms with Gasteiger partial charge in [0.2, 0.25) is 0 Å². The Morgan fingerprint density at radius 1 is 1.07 bits per heavy atom. The first kappa shape index (κ1) is 21.7. The van der Waals surface area contributed by atoms with Gasteiger partial charge in [-0.2, -0.15) is 0 Å². The molecule has 0 nitrogen and oxygen atoms in total. The Hall–Kier alpha value is -0.520. The van der Waals surface area contributed by atoms with E-state index in [1.807, 2.05) is 5.57 Å². The largest absolute Gasteiger partial charge is 0.0882 e. The predicted molar refractivity (Wildman–Crippen MR) is 127 cm³/mol. The summed E-state index contributed by atoms with van der Waals surface area (Å²) in [6.07, 6.45) is 21.1. The molecule has 0 heteroatoms. The van der Waals surface area contributed by atoms with E-state index in [9.17, 15) is 0 Å². The van der Waals surface area contributed by atoms with Crippen LogP contribution in [0.4, 0.5) is 0 Å². The van der Waals surface area contributed by atoms with Gasteiger partial charge in [-0.25, -0.2) is 0 Å². The van der Waals surface area contributed by atoms with Crippen molar-refractivity contribution in [3.8, 4) is 0 Å². The van der Waals surface area contributed by atoms with Crippen LogP contribution in [-0.2, 0) is 0 Å². The lowest BCUT2D eigenvalue weighted by Crippen LogP contribution is -2.50. The van der Waals surface area contributed by atoms with Crippen LogP contribution < -0.4 is 0 Å². The fraction of sp³-hybridized carbons (Fsp3) is 0.862. The molecular weight excluding hydrogens is 348 g/mol. The summed E-state index contributed by atoms with van der Waals surface area (Å²) in [5.74, 6) is 5.54. The van der Waals surface area contributed by atoms with Gasteiger partial charge in [0.1, 0.15) is 0 Å².